The van der Waals surface area contributed by atoms with E-state index in [9.17, 15) is 27.6 Å². The molecular formula is C25H18F3N3O5. The van der Waals surface area contributed by atoms with Crippen LogP contribution in [0.4, 0.5) is 18.9 Å². The Morgan fingerprint density at radius 3 is 2.42 bits per heavy atom. The molecule has 2 aromatic heterocycles. The molecule has 36 heavy (non-hydrogen) atoms. The van der Waals surface area contributed by atoms with Crippen molar-refractivity contribution in [2.45, 2.75) is 6.36 Å². The number of amides is 1. The van der Waals surface area contributed by atoms with Crippen molar-refractivity contribution < 1.29 is 37.0 Å². The summed E-state index contributed by atoms with van der Waals surface area (Å²) in [7, 11) is 2.44. The van der Waals surface area contributed by atoms with Gasteiger partial charge in [0.2, 0.25) is 0 Å². The first-order valence-electron chi connectivity index (χ1n) is 10.4. The quantitative estimate of drug-likeness (QED) is 0.282. The highest BCUT2D eigenvalue weighted by atomic mass is 19.4. The van der Waals surface area contributed by atoms with E-state index in [0.29, 0.717) is 11.1 Å². The number of carbonyl (C=O) groups excluding carboxylic acids is 3. The third-order valence-electron chi connectivity index (χ3n) is 5.41. The molecule has 0 aliphatic heterocycles. The van der Waals surface area contributed by atoms with Crippen molar-refractivity contribution in [1.29, 1.82) is 0 Å². The molecule has 0 saturated carbocycles. The molecule has 0 atom stereocenters. The molecule has 0 saturated heterocycles. The molecule has 184 valence electrons. The molecule has 0 aliphatic carbocycles. The van der Waals surface area contributed by atoms with Crippen LogP contribution < -0.4 is 9.64 Å². The third-order valence-corrected chi connectivity index (χ3v) is 5.41. The Bertz CT molecular complexity index is 1460. The second-order valence-corrected chi connectivity index (χ2v) is 7.63. The van der Waals surface area contributed by atoms with Crippen LogP contribution in [0.15, 0.2) is 67.0 Å². The van der Waals surface area contributed by atoms with Gasteiger partial charge in [0.1, 0.15) is 17.6 Å². The van der Waals surface area contributed by atoms with Crippen molar-refractivity contribution in [1.82, 2.24) is 9.61 Å². The average Bonchev–Trinajstić information content (AvgIpc) is 3.30. The van der Waals surface area contributed by atoms with Crippen LogP contribution in [0, 0.1) is 0 Å². The molecule has 0 fully saturated rings. The number of alkyl halides is 3. The molecule has 8 nitrogen and oxygen atoms in total. The van der Waals surface area contributed by atoms with Crippen LogP contribution in [0.25, 0.3) is 16.6 Å². The molecule has 4 rings (SSSR count). The van der Waals surface area contributed by atoms with Crippen molar-refractivity contribution >= 4 is 29.4 Å². The van der Waals surface area contributed by atoms with E-state index in [-0.39, 0.29) is 11.3 Å². The number of ether oxygens (including phenoxy) is 2. The lowest BCUT2D eigenvalue weighted by molar-refractivity contribution is -0.274. The molecule has 4 aromatic rings. The molecule has 1 amide bonds. The standard InChI is InChI=1S/C25H18F3N3O5/c1-30(18-7-8-22(36-25(26,27)28)19(12-18)24(34)35-2)23(33)17-9-10-31-21(11-17)20(13-29-31)16-5-3-15(14-32)4-6-16/h3-14H,1-2H3. The second-order valence-electron chi connectivity index (χ2n) is 7.63. The topological polar surface area (TPSA) is 90.2 Å². The van der Waals surface area contributed by atoms with Gasteiger partial charge in [-0.1, -0.05) is 24.3 Å². The largest absolute Gasteiger partial charge is 0.573 e. The van der Waals surface area contributed by atoms with Crippen LogP contribution >= 0.6 is 0 Å². The fourth-order valence-corrected chi connectivity index (χ4v) is 3.60. The number of hydrogen-bond donors (Lipinski definition) is 0. The lowest BCUT2D eigenvalue weighted by atomic mass is 10.0. The minimum Gasteiger partial charge on any atom is -0.465 e. The van der Waals surface area contributed by atoms with Gasteiger partial charge in [-0.25, -0.2) is 9.31 Å². The van der Waals surface area contributed by atoms with Gasteiger partial charge >= 0.3 is 12.3 Å². The van der Waals surface area contributed by atoms with Gasteiger partial charge in [-0.2, -0.15) is 5.10 Å². The number of rotatable bonds is 6. The van der Waals surface area contributed by atoms with Crippen LogP contribution in [-0.4, -0.2) is 48.3 Å². The minimum absolute atomic E-state index is 0.146. The van der Waals surface area contributed by atoms with E-state index in [0.717, 1.165) is 36.7 Å². The van der Waals surface area contributed by atoms with Gasteiger partial charge < -0.3 is 14.4 Å². The number of carbonyl (C=O) groups is 3. The number of nitrogens with zero attached hydrogens (tertiary/aromatic N) is 3. The van der Waals surface area contributed by atoms with E-state index in [1.165, 1.54) is 18.0 Å². The summed E-state index contributed by atoms with van der Waals surface area (Å²) in [5.41, 5.74) is 2.59. The molecule has 2 heterocycles. The number of anilines is 1. The van der Waals surface area contributed by atoms with E-state index in [2.05, 4.69) is 14.6 Å². The minimum atomic E-state index is -5.02. The molecule has 0 bridgehead atoms. The monoisotopic (exact) mass is 497 g/mol. The Morgan fingerprint density at radius 1 is 1.06 bits per heavy atom. The van der Waals surface area contributed by atoms with Crippen molar-refractivity contribution in [3.8, 4) is 16.9 Å². The number of fused-ring (bicyclic) bond motifs is 1. The highest BCUT2D eigenvalue weighted by molar-refractivity contribution is 6.07. The van der Waals surface area contributed by atoms with Gasteiger partial charge in [-0.05, 0) is 35.9 Å². The van der Waals surface area contributed by atoms with E-state index >= 15 is 0 Å². The number of hydrogen-bond acceptors (Lipinski definition) is 6. The summed E-state index contributed by atoms with van der Waals surface area (Å²) >= 11 is 0. The third kappa shape index (κ3) is 4.90. The summed E-state index contributed by atoms with van der Waals surface area (Å²) in [6.07, 6.45) is -1.05. The smallest absolute Gasteiger partial charge is 0.465 e. The Kier molecular flexibility index (Phi) is 6.47. The highest BCUT2D eigenvalue weighted by Crippen LogP contribution is 2.31. The Balaban J connectivity index is 1.68. The van der Waals surface area contributed by atoms with E-state index in [1.54, 1.807) is 53.3 Å². The van der Waals surface area contributed by atoms with Gasteiger partial charge in [0.05, 0.1) is 18.8 Å². The molecule has 0 spiro atoms. The van der Waals surface area contributed by atoms with E-state index in [4.69, 9.17) is 0 Å². The number of pyridine rings is 1. The average molecular weight is 497 g/mol. The first kappa shape index (κ1) is 24.5. The number of esters is 1. The first-order chi connectivity index (χ1) is 17.1. The fourth-order valence-electron chi connectivity index (χ4n) is 3.60. The normalized spacial score (nSPS) is 11.2. The van der Waals surface area contributed by atoms with Gasteiger partial charge in [0.15, 0.2) is 0 Å². The van der Waals surface area contributed by atoms with Crippen LogP contribution in [-0.2, 0) is 4.74 Å². The van der Waals surface area contributed by atoms with Crippen LogP contribution in [0.2, 0.25) is 0 Å². The summed E-state index contributed by atoms with van der Waals surface area (Å²) < 4.78 is 48.2. The van der Waals surface area contributed by atoms with E-state index < -0.39 is 29.6 Å². The van der Waals surface area contributed by atoms with Crippen LogP contribution in [0.5, 0.6) is 5.75 Å². The molecular weight excluding hydrogens is 479 g/mol. The Hall–Kier alpha value is -4.67. The Labute approximate surface area is 202 Å². The van der Waals surface area contributed by atoms with Crippen molar-refractivity contribution in [3.63, 3.8) is 0 Å². The maximum atomic E-state index is 13.2. The highest BCUT2D eigenvalue weighted by Gasteiger charge is 2.33. The molecule has 11 heteroatoms. The van der Waals surface area contributed by atoms with Crippen molar-refractivity contribution in [3.05, 3.63) is 83.7 Å². The zero-order valence-corrected chi connectivity index (χ0v) is 18.9. The zero-order chi connectivity index (χ0) is 26.0. The van der Waals surface area contributed by atoms with Gasteiger partial charge in [0.25, 0.3) is 5.91 Å². The Morgan fingerprint density at radius 2 is 1.78 bits per heavy atom. The number of methoxy groups -OCH3 is 1. The summed E-state index contributed by atoms with van der Waals surface area (Å²) in [6.45, 7) is 0. The number of benzene rings is 2. The summed E-state index contributed by atoms with van der Waals surface area (Å²) in [5, 5.41) is 4.29. The number of aldehydes is 1. The maximum Gasteiger partial charge on any atom is 0.573 e. The molecule has 2 aromatic carbocycles. The van der Waals surface area contributed by atoms with Crippen LogP contribution in [0.3, 0.4) is 0 Å². The summed E-state index contributed by atoms with van der Waals surface area (Å²) in [4.78, 5) is 37.4. The maximum absolute atomic E-state index is 13.2. The van der Waals surface area contributed by atoms with Crippen molar-refractivity contribution in [2.75, 3.05) is 19.1 Å². The van der Waals surface area contributed by atoms with Gasteiger partial charge in [-0.3, -0.25) is 9.59 Å². The predicted octanol–water partition coefficient (Wildman–Crippen LogP) is 4.78. The van der Waals surface area contributed by atoms with Crippen molar-refractivity contribution in [2.24, 2.45) is 0 Å². The predicted molar refractivity (Wildman–Crippen MR) is 123 cm³/mol. The van der Waals surface area contributed by atoms with Crippen LogP contribution in [0.1, 0.15) is 31.1 Å². The number of aromatic nitrogens is 2. The molecule has 0 aliphatic rings. The molecule has 0 radical (unpaired) electrons. The summed E-state index contributed by atoms with van der Waals surface area (Å²) in [6, 6.07) is 13.3. The summed E-state index contributed by atoms with van der Waals surface area (Å²) in [5.74, 6) is -2.28. The van der Waals surface area contributed by atoms with Gasteiger partial charge in [-0.15, -0.1) is 13.2 Å². The fraction of sp³-hybridized carbons (Fsp3) is 0.120. The number of halogens is 3. The lowest BCUT2D eigenvalue weighted by Crippen LogP contribution is -2.27. The second kappa shape index (κ2) is 9.53. The van der Waals surface area contributed by atoms with Gasteiger partial charge in [0, 0.05) is 35.6 Å². The molecule has 0 unspecified atom stereocenters. The first-order valence-corrected chi connectivity index (χ1v) is 10.4. The van der Waals surface area contributed by atoms with E-state index in [1.807, 2.05) is 0 Å². The SMILES string of the molecule is COC(=O)c1cc(N(C)C(=O)c2ccn3ncc(-c4ccc(C=O)cc4)c3c2)ccc1OC(F)(F)F. The lowest BCUT2D eigenvalue weighted by Gasteiger charge is -2.20. The zero-order valence-electron chi connectivity index (χ0n) is 18.9. The molecule has 0 N–H and O–H groups in total.